The zero-order valence-corrected chi connectivity index (χ0v) is 12.0. The first kappa shape index (κ1) is 15.9. The fraction of sp³-hybridized carbons (Fsp3) is 0.600. The number of hydrogen-bond acceptors (Lipinski definition) is 3. The van der Waals surface area contributed by atoms with Crippen LogP contribution in [0, 0.1) is 5.82 Å². The quantitative estimate of drug-likeness (QED) is 0.722. The summed E-state index contributed by atoms with van der Waals surface area (Å²) in [5.41, 5.74) is 1.58. The third-order valence-electron chi connectivity index (χ3n) is 3.14. The molecule has 0 aliphatic heterocycles. The van der Waals surface area contributed by atoms with Gasteiger partial charge < -0.3 is 15.3 Å². The minimum absolute atomic E-state index is 0.0842. The molecule has 0 bridgehead atoms. The van der Waals surface area contributed by atoms with Crippen LogP contribution in [-0.2, 0) is 6.54 Å². The summed E-state index contributed by atoms with van der Waals surface area (Å²) in [6, 6.07) is 5.16. The van der Waals surface area contributed by atoms with Gasteiger partial charge in [0, 0.05) is 30.9 Å². The molecule has 3 nitrogen and oxygen atoms in total. The second-order valence-corrected chi connectivity index (χ2v) is 4.58. The lowest BCUT2D eigenvalue weighted by atomic mass is 10.1. The Labute approximate surface area is 115 Å². The highest BCUT2D eigenvalue weighted by molar-refractivity contribution is 5.54. The molecule has 0 fully saturated rings. The van der Waals surface area contributed by atoms with Crippen molar-refractivity contribution in [2.45, 2.75) is 33.2 Å². The molecule has 1 aromatic carbocycles. The van der Waals surface area contributed by atoms with Crippen molar-refractivity contribution in [3.05, 3.63) is 29.6 Å². The number of anilines is 1. The fourth-order valence-corrected chi connectivity index (χ4v) is 2.09. The maximum absolute atomic E-state index is 14.0. The summed E-state index contributed by atoms with van der Waals surface area (Å²) in [6.07, 6.45) is 2.12. The predicted octanol–water partition coefficient (Wildman–Crippen LogP) is 2.53. The first-order chi connectivity index (χ1) is 9.24. The van der Waals surface area contributed by atoms with Gasteiger partial charge in [0.05, 0.1) is 6.61 Å². The number of rotatable bonds is 9. The SMILES string of the molecule is CCCCN(CCO)c1cccc(F)c1CNCC. The minimum atomic E-state index is -0.183. The van der Waals surface area contributed by atoms with E-state index in [4.69, 9.17) is 0 Å². The van der Waals surface area contributed by atoms with Crippen LogP contribution in [0.15, 0.2) is 18.2 Å². The number of hydrogen-bond donors (Lipinski definition) is 2. The summed E-state index contributed by atoms with van der Waals surface area (Å²) in [7, 11) is 0. The van der Waals surface area contributed by atoms with Gasteiger partial charge in [-0.15, -0.1) is 0 Å². The van der Waals surface area contributed by atoms with Crippen LogP contribution in [0.2, 0.25) is 0 Å². The van der Waals surface area contributed by atoms with Crippen LogP contribution in [0.25, 0.3) is 0 Å². The van der Waals surface area contributed by atoms with Crippen LogP contribution < -0.4 is 10.2 Å². The van der Waals surface area contributed by atoms with Crippen LogP contribution in [0.5, 0.6) is 0 Å². The van der Waals surface area contributed by atoms with Crippen molar-refractivity contribution < 1.29 is 9.50 Å². The normalized spacial score (nSPS) is 10.7. The van der Waals surface area contributed by atoms with E-state index < -0.39 is 0 Å². The number of nitrogens with one attached hydrogen (secondary N) is 1. The lowest BCUT2D eigenvalue weighted by Crippen LogP contribution is -2.29. The fourth-order valence-electron chi connectivity index (χ4n) is 2.09. The molecule has 0 aromatic heterocycles. The van der Waals surface area contributed by atoms with Crippen molar-refractivity contribution >= 4 is 5.69 Å². The van der Waals surface area contributed by atoms with Gasteiger partial charge in [0.25, 0.3) is 0 Å². The Balaban J connectivity index is 2.95. The van der Waals surface area contributed by atoms with Gasteiger partial charge in [0.15, 0.2) is 0 Å². The molecule has 0 atom stereocenters. The summed E-state index contributed by atoms with van der Waals surface area (Å²) in [5.74, 6) is -0.183. The van der Waals surface area contributed by atoms with Crippen LogP contribution in [-0.4, -0.2) is 31.3 Å². The van der Waals surface area contributed by atoms with Gasteiger partial charge in [-0.25, -0.2) is 4.39 Å². The van der Waals surface area contributed by atoms with Crippen molar-refractivity contribution in [1.29, 1.82) is 0 Å². The molecule has 0 saturated heterocycles. The molecule has 0 radical (unpaired) electrons. The Bertz CT molecular complexity index is 371. The van der Waals surface area contributed by atoms with Gasteiger partial charge in [-0.2, -0.15) is 0 Å². The van der Waals surface area contributed by atoms with Gasteiger partial charge in [0.1, 0.15) is 5.82 Å². The molecule has 108 valence electrons. The van der Waals surface area contributed by atoms with E-state index in [9.17, 15) is 9.50 Å². The molecular formula is C15H25FN2O. The van der Waals surface area contributed by atoms with Crippen LogP contribution >= 0.6 is 0 Å². The molecule has 0 spiro atoms. The molecular weight excluding hydrogens is 243 g/mol. The lowest BCUT2D eigenvalue weighted by molar-refractivity contribution is 0.301. The zero-order valence-electron chi connectivity index (χ0n) is 12.0. The van der Waals surface area contributed by atoms with Crippen molar-refractivity contribution in [3.63, 3.8) is 0 Å². The Morgan fingerprint density at radius 2 is 2.05 bits per heavy atom. The third kappa shape index (κ3) is 4.80. The monoisotopic (exact) mass is 268 g/mol. The Morgan fingerprint density at radius 3 is 2.68 bits per heavy atom. The summed E-state index contributed by atoms with van der Waals surface area (Å²) < 4.78 is 14.0. The first-order valence-electron chi connectivity index (χ1n) is 7.08. The van der Waals surface area contributed by atoms with E-state index in [1.54, 1.807) is 6.07 Å². The molecule has 1 aromatic rings. The topological polar surface area (TPSA) is 35.5 Å². The Morgan fingerprint density at radius 1 is 1.26 bits per heavy atom. The maximum atomic E-state index is 14.0. The van der Waals surface area contributed by atoms with Crippen LogP contribution in [0.4, 0.5) is 10.1 Å². The van der Waals surface area contributed by atoms with E-state index in [0.717, 1.165) is 31.6 Å². The molecule has 0 amide bonds. The van der Waals surface area contributed by atoms with Crippen molar-refractivity contribution in [1.82, 2.24) is 5.32 Å². The van der Waals surface area contributed by atoms with Gasteiger partial charge >= 0.3 is 0 Å². The largest absolute Gasteiger partial charge is 0.395 e. The molecule has 19 heavy (non-hydrogen) atoms. The summed E-state index contributed by atoms with van der Waals surface area (Å²) in [6.45, 7) is 6.93. The second-order valence-electron chi connectivity index (χ2n) is 4.58. The van der Waals surface area contributed by atoms with E-state index in [1.807, 2.05) is 13.0 Å². The number of halogens is 1. The van der Waals surface area contributed by atoms with E-state index in [2.05, 4.69) is 17.1 Å². The lowest BCUT2D eigenvalue weighted by Gasteiger charge is -2.26. The number of benzene rings is 1. The van der Waals surface area contributed by atoms with E-state index >= 15 is 0 Å². The average molecular weight is 268 g/mol. The van der Waals surface area contributed by atoms with Crippen LogP contribution in [0.3, 0.4) is 0 Å². The molecule has 2 N–H and O–H groups in total. The summed E-state index contributed by atoms with van der Waals surface area (Å²) >= 11 is 0. The van der Waals surface area contributed by atoms with Crippen molar-refractivity contribution in [3.8, 4) is 0 Å². The van der Waals surface area contributed by atoms with Crippen LogP contribution in [0.1, 0.15) is 32.3 Å². The highest BCUT2D eigenvalue weighted by Gasteiger charge is 2.13. The Kier molecular flexibility index (Phi) is 7.45. The van der Waals surface area contributed by atoms with Gasteiger partial charge in [-0.05, 0) is 25.1 Å². The smallest absolute Gasteiger partial charge is 0.129 e. The first-order valence-corrected chi connectivity index (χ1v) is 7.08. The highest BCUT2D eigenvalue weighted by atomic mass is 19.1. The van der Waals surface area contributed by atoms with Gasteiger partial charge in [-0.3, -0.25) is 0 Å². The third-order valence-corrected chi connectivity index (χ3v) is 3.14. The molecule has 0 aliphatic carbocycles. The number of unbranched alkanes of at least 4 members (excludes halogenated alkanes) is 1. The molecule has 0 heterocycles. The maximum Gasteiger partial charge on any atom is 0.129 e. The second kappa shape index (κ2) is 8.88. The van der Waals surface area contributed by atoms with E-state index in [1.165, 1.54) is 6.07 Å². The van der Waals surface area contributed by atoms with Crippen molar-refractivity contribution in [2.75, 3.05) is 31.1 Å². The molecule has 0 unspecified atom stereocenters. The molecule has 0 aliphatic rings. The van der Waals surface area contributed by atoms with Crippen molar-refractivity contribution in [2.24, 2.45) is 0 Å². The van der Waals surface area contributed by atoms with Gasteiger partial charge in [-0.1, -0.05) is 26.3 Å². The number of nitrogens with zero attached hydrogens (tertiary/aromatic N) is 1. The minimum Gasteiger partial charge on any atom is -0.395 e. The molecule has 4 heteroatoms. The number of aliphatic hydroxyl groups is 1. The molecule has 1 rings (SSSR count). The van der Waals surface area contributed by atoms with E-state index in [-0.39, 0.29) is 12.4 Å². The predicted molar refractivity (Wildman–Crippen MR) is 78.0 cm³/mol. The highest BCUT2D eigenvalue weighted by Crippen LogP contribution is 2.23. The Hall–Kier alpha value is -1.13. The average Bonchev–Trinajstić information content (AvgIpc) is 2.42. The number of aliphatic hydroxyl groups excluding tert-OH is 1. The molecule has 0 saturated carbocycles. The zero-order chi connectivity index (χ0) is 14.1. The van der Waals surface area contributed by atoms with E-state index in [0.29, 0.717) is 18.7 Å². The van der Waals surface area contributed by atoms with Gasteiger partial charge in [0.2, 0.25) is 0 Å². The standard InChI is InChI=1S/C15H25FN2O/c1-3-5-9-18(10-11-19)15-8-6-7-14(16)13(15)12-17-4-2/h6-8,17,19H,3-5,9-12H2,1-2H3. The summed E-state index contributed by atoms with van der Waals surface area (Å²) in [5, 5.41) is 12.4. The summed E-state index contributed by atoms with van der Waals surface area (Å²) in [4.78, 5) is 2.07.